The second-order valence-electron chi connectivity index (χ2n) is 7.69. The van der Waals surface area contributed by atoms with Crippen molar-refractivity contribution in [3.8, 4) is 0 Å². The van der Waals surface area contributed by atoms with Gasteiger partial charge >= 0.3 is 0 Å². The Morgan fingerprint density at radius 1 is 1.27 bits per heavy atom. The zero-order chi connectivity index (χ0) is 20.5. The molecule has 1 atom stereocenters. The maximum atomic E-state index is 12.9. The number of ketones is 1. The van der Waals surface area contributed by atoms with Crippen molar-refractivity contribution in [1.29, 1.82) is 0 Å². The number of anilines is 1. The summed E-state index contributed by atoms with van der Waals surface area (Å²) < 4.78 is 5.36. The van der Waals surface area contributed by atoms with E-state index in [1.165, 1.54) is 4.88 Å². The van der Waals surface area contributed by atoms with Crippen LogP contribution >= 0.6 is 11.3 Å². The summed E-state index contributed by atoms with van der Waals surface area (Å²) >= 11 is 1.65. The Bertz CT molecular complexity index is 1120. The van der Waals surface area contributed by atoms with Crippen molar-refractivity contribution in [2.24, 2.45) is 0 Å². The summed E-state index contributed by atoms with van der Waals surface area (Å²) in [6, 6.07) is 4.05. The normalized spacial score (nSPS) is 19.7. The highest BCUT2D eigenvalue weighted by atomic mass is 32.1. The molecule has 0 saturated carbocycles. The van der Waals surface area contributed by atoms with Gasteiger partial charge in [-0.25, -0.2) is 4.98 Å². The molecule has 1 fully saturated rings. The van der Waals surface area contributed by atoms with Crippen LogP contribution < -0.4 is 10.9 Å². The summed E-state index contributed by atoms with van der Waals surface area (Å²) in [4.78, 5) is 40.8. The average molecular weight is 426 g/mol. The minimum absolute atomic E-state index is 0.0381. The highest BCUT2D eigenvalue weighted by Crippen LogP contribution is 2.36. The number of fused-ring (bicyclic) bond motifs is 3. The fourth-order valence-corrected chi connectivity index (χ4v) is 5.07. The van der Waals surface area contributed by atoms with Crippen LogP contribution in [0.4, 0.5) is 5.95 Å². The van der Waals surface area contributed by atoms with Crippen LogP contribution in [0.3, 0.4) is 0 Å². The Kier molecular flexibility index (Phi) is 5.32. The average Bonchev–Trinajstić information content (AvgIpc) is 3.29. The second-order valence-corrected chi connectivity index (χ2v) is 8.67. The monoisotopic (exact) mass is 425 g/mol. The fraction of sp³-hybridized carbons (Fsp3) is 0.429. The fourth-order valence-electron chi connectivity index (χ4n) is 4.24. The predicted molar refractivity (Wildman–Crippen MR) is 116 cm³/mol. The predicted octanol–water partition coefficient (Wildman–Crippen LogP) is 2.04. The lowest BCUT2D eigenvalue weighted by Gasteiger charge is -2.26. The highest BCUT2D eigenvalue weighted by molar-refractivity contribution is 7.10. The van der Waals surface area contributed by atoms with Gasteiger partial charge in [0.15, 0.2) is 11.4 Å². The molecule has 1 unspecified atom stereocenters. The van der Waals surface area contributed by atoms with Crippen LogP contribution in [0.25, 0.3) is 11.0 Å². The molecule has 0 aromatic carbocycles. The van der Waals surface area contributed by atoms with Gasteiger partial charge in [0.05, 0.1) is 18.6 Å². The molecule has 3 aromatic heterocycles. The molecule has 8 nitrogen and oxygen atoms in total. The van der Waals surface area contributed by atoms with E-state index in [1.54, 1.807) is 17.5 Å². The number of aromatic nitrogens is 3. The molecule has 5 rings (SSSR count). The third-order valence-electron chi connectivity index (χ3n) is 5.80. The lowest BCUT2D eigenvalue weighted by molar-refractivity contribution is 0.0398. The largest absolute Gasteiger partial charge is 0.379 e. The Morgan fingerprint density at radius 3 is 2.93 bits per heavy atom. The number of hydrogen-bond donors (Lipinski definition) is 2. The molecule has 3 aromatic rings. The number of nitrogens with zero attached hydrogens (tertiary/aromatic N) is 3. The van der Waals surface area contributed by atoms with Gasteiger partial charge in [-0.3, -0.25) is 19.5 Å². The maximum Gasteiger partial charge on any atom is 0.262 e. The molecule has 9 heteroatoms. The van der Waals surface area contributed by atoms with Crippen LogP contribution in [-0.4, -0.2) is 65.0 Å². The molecular formula is C21H23N5O3S. The van der Waals surface area contributed by atoms with E-state index >= 15 is 0 Å². The van der Waals surface area contributed by atoms with Crippen molar-refractivity contribution in [3.63, 3.8) is 0 Å². The first kappa shape index (κ1) is 19.3. The van der Waals surface area contributed by atoms with Gasteiger partial charge in [-0.05, 0) is 23.4 Å². The molecule has 1 aliphatic carbocycles. The van der Waals surface area contributed by atoms with E-state index in [4.69, 9.17) is 4.74 Å². The Morgan fingerprint density at radius 2 is 2.13 bits per heavy atom. The lowest BCUT2D eigenvalue weighted by atomic mass is 9.82. The van der Waals surface area contributed by atoms with Gasteiger partial charge in [0, 0.05) is 55.2 Å². The van der Waals surface area contributed by atoms with Crippen LogP contribution in [0.1, 0.15) is 33.1 Å². The molecule has 1 saturated heterocycles. The van der Waals surface area contributed by atoms with E-state index in [0.29, 0.717) is 41.9 Å². The van der Waals surface area contributed by atoms with Crippen molar-refractivity contribution in [2.45, 2.75) is 18.8 Å². The zero-order valence-corrected chi connectivity index (χ0v) is 17.3. The molecular weight excluding hydrogens is 402 g/mol. The van der Waals surface area contributed by atoms with Crippen molar-refractivity contribution in [2.75, 3.05) is 44.7 Å². The van der Waals surface area contributed by atoms with E-state index in [2.05, 4.69) is 31.2 Å². The Labute approximate surface area is 177 Å². The molecule has 4 heterocycles. The number of Topliss-reactive ketones (excluding diaryl/α,β-unsaturated/α-hetero) is 1. The SMILES string of the molecule is O=C1CC(c2cccs2)Cc2c1cnc1nc(NCCN3CCOCC3)[nH]c(=O)c21. The van der Waals surface area contributed by atoms with Gasteiger partial charge in [-0.15, -0.1) is 11.3 Å². The molecule has 0 amide bonds. The number of hydrogen-bond acceptors (Lipinski definition) is 8. The number of nitrogens with one attached hydrogen (secondary N) is 2. The Hall–Kier alpha value is -2.62. The lowest BCUT2D eigenvalue weighted by Crippen LogP contribution is -2.39. The van der Waals surface area contributed by atoms with Crippen molar-refractivity contribution in [3.05, 3.63) is 50.1 Å². The second kappa shape index (κ2) is 8.25. The van der Waals surface area contributed by atoms with E-state index in [1.807, 2.05) is 11.4 Å². The number of ether oxygens (including phenoxy) is 1. The number of H-pyrrole nitrogens is 1. The van der Waals surface area contributed by atoms with Gasteiger partial charge < -0.3 is 10.1 Å². The van der Waals surface area contributed by atoms with Gasteiger partial charge in [-0.1, -0.05) is 6.07 Å². The van der Waals surface area contributed by atoms with Crippen molar-refractivity contribution < 1.29 is 9.53 Å². The summed E-state index contributed by atoms with van der Waals surface area (Å²) in [5, 5.41) is 5.64. The summed E-state index contributed by atoms with van der Waals surface area (Å²) in [6.45, 7) is 4.85. The molecule has 2 aliphatic rings. The van der Waals surface area contributed by atoms with Crippen molar-refractivity contribution in [1.82, 2.24) is 19.9 Å². The first-order valence-corrected chi connectivity index (χ1v) is 11.1. The first-order chi connectivity index (χ1) is 14.7. The van der Waals surface area contributed by atoms with Crippen LogP contribution in [0.15, 0.2) is 28.5 Å². The number of carbonyl (C=O) groups is 1. The minimum atomic E-state index is -0.252. The molecule has 0 bridgehead atoms. The summed E-state index contributed by atoms with van der Waals surface area (Å²) in [5.74, 6) is 0.544. The molecule has 1 aliphatic heterocycles. The summed E-state index contributed by atoms with van der Waals surface area (Å²) in [5.41, 5.74) is 1.45. The van der Waals surface area contributed by atoms with Crippen LogP contribution in [0.2, 0.25) is 0 Å². The van der Waals surface area contributed by atoms with Crippen LogP contribution in [-0.2, 0) is 11.2 Å². The molecule has 156 valence electrons. The molecule has 0 radical (unpaired) electrons. The number of aromatic amines is 1. The third-order valence-corrected chi connectivity index (χ3v) is 6.83. The minimum Gasteiger partial charge on any atom is -0.379 e. The standard InChI is InChI=1S/C21H23N5O3S/c27-16-11-13(17-2-1-9-30-17)10-14-15(16)12-23-19-18(14)20(28)25-21(24-19)22-3-4-26-5-7-29-8-6-26/h1-2,9,12-13H,3-8,10-11H2,(H2,22,23,24,25,28). The first-order valence-electron chi connectivity index (χ1n) is 10.2. The number of thiophene rings is 1. The quantitative estimate of drug-likeness (QED) is 0.645. The topological polar surface area (TPSA) is 100 Å². The molecule has 30 heavy (non-hydrogen) atoms. The van der Waals surface area contributed by atoms with E-state index < -0.39 is 0 Å². The van der Waals surface area contributed by atoms with Crippen molar-refractivity contribution >= 4 is 34.1 Å². The van der Waals surface area contributed by atoms with Gasteiger partial charge in [0.2, 0.25) is 5.95 Å². The van der Waals surface area contributed by atoms with E-state index in [9.17, 15) is 9.59 Å². The van der Waals surface area contributed by atoms with Gasteiger partial charge in [0.25, 0.3) is 5.56 Å². The summed E-state index contributed by atoms with van der Waals surface area (Å²) in [7, 11) is 0. The number of pyridine rings is 1. The number of rotatable bonds is 5. The summed E-state index contributed by atoms with van der Waals surface area (Å²) in [6.07, 6.45) is 2.68. The van der Waals surface area contributed by atoms with E-state index in [0.717, 1.165) is 38.4 Å². The molecule has 0 spiro atoms. The number of carbonyl (C=O) groups excluding carboxylic acids is 1. The smallest absolute Gasteiger partial charge is 0.262 e. The zero-order valence-electron chi connectivity index (χ0n) is 16.5. The maximum absolute atomic E-state index is 12.9. The Balaban J connectivity index is 1.40. The highest BCUT2D eigenvalue weighted by Gasteiger charge is 2.30. The third kappa shape index (κ3) is 3.76. The van der Waals surface area contributed by atoms with Gasteiger partial charge in [-0.2, -0.15) is 4.98 Å². The van der Waals surface area contributed by atoms with E-state index in [-0.39, 0.29) is 17.3 Å². The molecule has 2 N–H and O–H groups in total. The van der Waals surface area contributed by atoms with Gasteiger partial charge in [0.1, 0.15) is 0 Å². The van der Waals surface area contributed by atoms with Crippen LogP contribution in [0, 0.1) is 0 Å². The number of morpholine rings is 1. The van der Waals surface area contributed by atoms with Crippen LogP contribution in [0.5, 0.6) is 0 Å².